The van der Waals surface area contributed by atoms with Crippen molar-refractivity contribution in [3.05, 3.63) is 206 Å². The van der Waals surface area contributed by atoms with E-state index >= 15 is 0 Å². The molecule has 0 amide bonds. The number of fused-ring (bicyclic) bond motifs is 8. The quantitative estimate of drug-likeness (QED) is 0.155. The van der Waals surface area contributed by atoms with E-state index in [0.29, 0.717) is 0 Å². The normalized spacial score (nSPS) is 11.8. The largest absolute Gasteiger partial charge is 0.311 e. The van der Waals surface area contributed by atoms with Gasteiger partial charge in [0, 0.05) is 38.9 Å². The Kier molecular flexibility index (Phi) is 8.08. The van der Waals surface area contributed by atoms with Crippen LogP contribution in [0, 0.1) is 0 Å². The van der Waals surface area contributed by atoms with Crippen LogP contribution in [0.4, 0.5) is 17.1 Å². The molecule has 0 radical (unpaired) electrons. The van der Waals surface area contributed by atoms with Crippen LogP contribution >= 0.6 is 0 Å². The standard InChI is InChI=1S/C54H42N2/c1-54(2,3)41-27-35-44(36-28-41)55(42-29-21-38(22-30-42)37-13-5-4-6-14-37)43-31-23-39(24-32-43)40-25-33-45(34-26-40)56-51-20-12-11-19-50(51)52-48-17-9-7-15-46(48)47-16-8-10-18-49(47)53(52)56/h4-36H,1-3H3. The minimum Gasteiger partial charge on any atom is -0.311 e. The van der Waals surface area contributed by atoms with Crippen LogP contribution in [0.15, 0.2) is 200 Å². The summed E-state index contributed by atoms with van der Waals surface area (Å²) in [6, 6.07) is 73.1. The molecule has 0 atom stereocenters. The van der Waals surface area contributed by atoms with Crippen LogP contribution in [0.2, 0.25) is 0 Å². The van der Waals surface area contributed by atoms with E-state index in [-0.39, 0.29) is 5.41 Å². The maximum Gasteiger partial charge on any atom is 0.0625 e. The molecule has 0 fully saturated rings. The van der Waals surface area contributed by atoms with Crippen LogP contribution in [0.5, 0.6) is 0 Å². The molecule has 9 aromatic carbocycles. The average molecular weight is 719 g/mol. The van der Waals surface area contributed by atoms with Gasteiger partial charge < -0.3 is 9.47 Å². The first kappa shape index (κ1) is 33.7. The van der Waals surface area contributed by atoms with E-state index in [1.807, 2.05) is 0 Å². The molecule has 2 heteroatoms. The van der Waals surface area contributed by atoms with Crippen molar-refractivity contribution in [3.63, 3.8) is 0 Å². The van der Waals surface area contributed by atoms with Gasteiger partial charge in [-0.2, -0.15) is 0 Å². The summed E-state index contributed by atoms with van der Waals surface area (Å²) in [5.74, 6) is 0. The first-order valence-electron chi connectivity index (χ1n) is 19.5. The number of para-hydroxylation sites is 1. The van der Waals surface area contributed by atoms with Crippen molar-refractivity contribution in [2.24, 2.45) is 0 Å². The number of hydrogen-bond donors (Lipinski definition) is 0. The van der Waals surface area contributed by atoms with Gasteiger partial charge in [0.15, 0.2) is 0 Å². The van der Waals surface area contributed by atoms with Crippen LogP contribution in [-0.4, -0.2) is 4.57 Å². The number of nitrogens with zero attached hydrogens (tertiary/aromatic N) is 2. The molecule has 0 saturated heterocycles. The van der Waals surface area contributed by atoms with Crippen LogP contribution < -0.4 is 4.90 Å². The molecule has 10 aromatic rings. The van der Waals surface area contributed by atoms with Gasteiger partial charge >= 0.3 is 0 Å². The Morgan fingerprint density at radius 1 is 0.357 bits per heavy atom. The van der Waals surface area contributed by atoms with Crippen molar-refractivity contribution in [2.45, 2.75) is 26.2 Å². The van der Waals surface area contributed by atoms with Gasteiger partial charge in [0.25, 0.3) is 0 Å². The zero-order valence-corrected chi connectivity index (χ0v) is 31.9. The SMILES string of the molecule is CC(C)(C)c1ccc(N(c2ccc(-c3ccccc3)cc2)c2ccc(-c3ccc(-n4c5ccccc5c5c6ccccc6c6ccccc6c54)cc3)cc2)cc1. The summed E-state index contributed by atoms with van der Waals surface area (Å²) in [5, 5.41) is 7.71. The smallest absolute Gasteiger partial charge is 0.0625 e. The third kappa shape index (κ3) is 5.74. The van der Waals surface area contributed by atoms with E-state index in [1.54, 1.807) is 0 Å². The minimum absolute atomic E-state index is 0.0849. The Morgan fingerprint density at radius 2 is 0.768 bits per heavy atom. The number of benzene rings is 9. The van der Waals surface area contributed by atoms with E-state index in [9.17, 15) is 0 Å². The van der Waals surface area contributed by atoms with Gasteiger partial charge in [-0.05, 0) is 104 Å². The zero-order valence-electron chi connectivity index (χ0n) is 31.9. The fraction of sp³-hybridized carbons (Fsp3) is 0.0741. The molecule has 268 valence electrons. The molecule has 0 aliphatic rings. The molecule has 10 rings (SSSR count). The van der Waals surface area contributed by atoms with Crippen molar-refractivity contribution in [1.29, 1.82) is 0 Å². The number of rotatable bonds is 6. The fourth-order valence-electron chi connectivity index (χ4n) is 8.49. The summed E-state index contributed by atoms with van der Waals surface area (Å²) < 4.78 is 2.46. The molecule has 0 N–H and O–H groups in total. The third-order valence-electron chi connectivity index (χ3n) is 11.4. The first-order chi connectivity index (χ1) is 27.4. The van der Waals surface area contributed by atoms with E-state index in [4.69, 9.17) is 0 Å². The fourth-order valence-corrected chi connectivity index (χ4v) is 8.49. The van der Waals surface area contributed by atoms with Crippen LogP contribution in [0.1, 0.15) is 26.3 Å². The van der Waals surface area contributed by atoms with Gasteiger partial charge in [-0.1, -0.05) is 166 Å². The number of anilines is 3. The number of hydrogen-bond acceptors (Lipinski definition) is 1. The zero-order chi connectivity index (χ0) is 37.8. The molecule has 0 aliphatic carbocycles. The van der Waals surface area contributed by atoms with Crippen LogP contribution in [0.3, 0.4) is 0 Å². The second-order valence-electron chi connectivity index (χ2n) is 15.8. The average Bonchev–Trinajstić information content (AvgIpc) is 3.60. The summed E-state index contributed by atoms with van der Waals surface area (Å²) in [7, 11) is 0. The second-order valence-corrected chi connectivity index (χ2v) is 15.8. The predicted octanol–water partition coefficient (Wildman–Crippen LogP) is 15.2. The maximum absolute atomic E-state index is 2.46. The maximum atomic E-state index is 2.46. The molecule has 0 spiro atoms. The van der Waals surface area contributed by atoms with Crippen LogP contribution in [0.25, 0.3) is 71.3 Å². The molecule has 0 bridgehead atoms. The summed E-state index contributed by atoms with van der Waals surface area (Å²) in [6.45, 7) is 6.79. The molecular weight excluding hydrogens is 677 g/mol. The van der Waals surface area contributed by atoms with Crippen molar-refractivity contribution in [3.8, 4) is 27.9 Å². The summed E-state index contributed by atoms with van der Waals surface area (Å²) in [6.07, 6.45) is 0. The second kappa shape index (κ2) is 13.4. The lowest BCUT2D eigenvalue weighted by Gasteiger charge is -2.27. The van der Waals surface area contributed by atoms with Crippen molar-refractivity contribution in [1.82, 2.24) is 4.57 Å². The van der Waals surface area contributed by atoms with Gasteiger partial charge in [-0.15, -0.1) is 0 Å². The first-order valence-corrected chi connectivity index (χ1v) is 19.5. The van der Waals surface area contributed by atoms with Gasteiger partial charge in [0.1, 0.15) is 0 Å². The lowest BCUT2D eigenvalue weighted by Crippen LogP contribution is -2.13. The molecule has 56 heavy (non-hydrogen) atoms. The molecule has 1 heterocycles. The Hall–Kier alpha value is -6.90. The third-order valence-corrected chi connectivity index (χ3v) is 11.4. The minimum atomic E-state index is 0.0849. The van der Waals surface area contributed by atoms with E-state index in [2.05, 4.69) is 230 Å². The topological polar surface area (TPSA) is 8.17 Å². The van der Waals surface area contributed by atoms with Gasteiger partial charge in [0.05, 0.1) is 11.0 Å². The molecule has 0 saturated carbocycles. The van der Waals surface area contributed by atoms with Gasteiger partial charge in [-0.3, -0.25) is 0 Å². The molecular formula is C54H42N2. The highest BCUT2D eigenvalue weighted by molar-refractivity contribution is 6.32. The van der Waals surface area contributed by atoms with Crippen molar-refractivity contribution < 1.29 is 0 Å². The Bertz CT molecular complexity index is 3000. The molecule has 0 unspecified atom stereocenters. The number of aromatic nitrogens is 1. The van der Waals surface area contributed by atoms with E-state index < -0.39 is 0 Å². The Labute approximate surface area is 328 Å². The molecule has 2 nitrogen and oxygen atoms in total. The van der Waals surface area contributed by atoms with Crippen molar-refractivity contribution >= 4 is 60.4 Å². The predicted molar refractivity (Wildman–Crippen MR) is 240 cm³/mol. The monoisotopic (exact) mass is 718 g/mol. The highest BCUT2D eigenvalue weighted by atomic mass is 15.1. The highest BCUT2D eigenvalue weighted by Crippen LogP contribution is 2.43. The summed E-state index contributed by atoms with van der Waals surface area (Å²) >= 11 is 0. The Balaban J connectivity index is 1.03. The van der Waals surface area contributed by atoms with Gasteiger partial charge in [0.2, 0.25) is 0 Å². The van der Waals surface area contributed by atoms with E-state index in [0.717, 1.165) is 22.7 Å². The Morgan fingerprint density at radius 3 is 1.32 bits per heavy atom. The molecule has 1 aromatic heterocycles. The summed E-state index contributed by atoms with van der Waals surface area (Å²) in [5.41, 5.74) is 13.2. The van der Waals surface area contributed by atoms with Crippen molar-refractivity contribution in [2.75, 3.05) is 4.90 Å². The van der Waals surface area contributed by atoms with Gasteiger partial charge in [-0.25, -0.2) is 0 Å². The summed E-state index contributed by atoms with van der Waals surface area (Å²) in [4.78, 5) is 2.35. The van der Waals surface area contributed by atoms with E-state index in [1.165, 1.54) is 71.2 Å². The lowest BCUT2D eigenvalue weighted by atomic mass is 9.87. The lowest BCUT2D eigenvalue weighted by molar-refractivity contribution is 0.590. The highest BCUT2D eigenvalue weighted by Gasteiger charge is 2.20. The molecule has 0 aliphatic heterocycles. The van der Waals surface area contributed by atoms with Crippen LogP contribution in [-0.2, 0) is 5.41 Å².